The van der Waals surface area contributed by atoms with Gasteiger partial charge in [0.15, 0.2) is 0 Å². The van der Waals surface area contributed by atoms with Crippen LogP contribution in [0.25, 0.3) is 0 Å². The van der Waals surface area contributed by atoms with Gasteiger partial charge in [-0.2, -0.15) is 0 Å². The molecule has 0 spiro atoms. The fraction of sp³-hybridized carbons (Fsp3) is 0.286. The minimum absolute atomic E-state index is 0.137. The summed E-state index contributed by atoms with van der Waals surface area (Å²) in [6.07, 6.45) is 4.58. The average Bonchev–Trinajstić information content (AvgIpc) is 2.92. The molecule has 1 N–H and O–H groups in total. The summed E-state index contributed by atoms with van der Waals surface area (Å²) in [5, 5.41) is 0. The number of rotatable bonds is 5. The number of carbonyl (C=O) groups is 1. The molecule has 0 saturated heterocycles. The first-order valence-corrected chi connectivity index (χ1v) is 6.14. The van der Waals surface area contributed by atoms with Gasteiger partial charge in [0.1, 0.15) is 0 Å². The van der Waals surface area contributed by atoms with Crippen LogP contribution in [0.1, 0.15) is 19.0 Å². The Balaban J connectivity index is 1.98. The molecule has 0 bridgehead atoms. The molecule has 0 aliphatic carbocycles. The van der Waals surface area contributed by atoms with Gasteiger partial charge in [0.2, 0.25) is 5.91 Å². The molecule has 0 radical (unpaired) electrons. The molecular weight excluding hydrogens is 226 g/mol. The molecule has 2 aromatic rings. The smallest absolute Gasteiger partial charge is 0.227 e. The van der Waals surface area contributed by atoms with E-state index in [0.29, 0.717) is 19.4 Å². The van der Waals surface area contributed by atoms with Gasteiger partial charge >= 0.3 is 0 Å². The molecule has 4 nitrogen and oxygen atoms in total. The number of para-hydroxylation sites is 1. The van der Waals surface area contributed by atoms with E-state index in [1.807, 2.05) is 37.3 Å². The molecule has 0 fully saturated rings. The maximum atomic E-state index is 12.2. The summed E-state index contributed by atoms with van der Waals surface area (Å²) < 4.78 is 0. The Morgan fingerprint density at radius 3 is 2.72 bits per heavy atom. The highest BCUT2D eigenvalue weighted by atomic mass is 16.2. The molecule has 18 heavy (non-hydrogen) atoms. The van der Waals surface area contributed by atoms with E-state index in [4.69, 9.17) is 0 Å². The van der Waals surface area contributed by atoms with Crippen molar-refractivity contribution in [2.75, 3.05) is 11.4 Å². The summed E-state index contributed by atoms with van der Waals surface area (Å²) in [4.78, 5) is 20.9. The Hall–Kier alpha value is -2.10. The van der Waals surface area contributed by atoms with Crippen molar-refractivity contribution in [1.82, 2.24) is 9.97 Å². The molecule has 0 saturated carbocycles. The number of imidazole rings is 1. The van der Waals surface area contributed by atoms with Gasteiger partial charge in [-0.25, -0.2) is 4.98 Å². The highest BCUT2D eigenvalue weighted by Crippen LogP contribution is 2.14. The molecule has 0 aliphatic heterocycles. The molecule has 0 atom stereocenters. The SMILES string of the molecule is CCN(C(=O)CCc1cnc[nH]1)c1ccccc1. The third-order valence-electron chi connectivity index (χ3n) is 2.85. The number of H-pyrrole nitrogens is 1. The number of nitrogens with one attached hydrogen (secondary N) is 1. The first-order valence-electron chi connectivity index (χ1n) is 6.14. The molecular formula is C14H17N3O. The van der Waals surface area contributed by atoms with Gasteiger partial charge < -0.3 is 9.88 Å². The van der Waals surface area contributed by atoms with Crippen molar-refractivity contribution in [2.45, 2.75) is 19.8 Å². The summed E-state index contributed by atoms with van der Waals surface area (Å²) in [5.74, 6) is 0.137. The van der Waals surface area contributed by atoms with Crippen molar-refractivity contribution in [1.29, 1.82) is 0 Å². The van der Waals surface area contributed by atoms with Crippen LogP contribution >= 0.6 is 0 Å². The van der Waals surface area contributed by atoms with Gasteiger partial charge in [0.05, 0.1) is 6.33 Å². The lowest BCUT2D eigenvalue weighted by Crippen LogP contribution is -2.30. The van der Waals surface area contributed by atoms with E-state index < -0.39 is 0 Å². The number of nitrogens with zero attached hydrogens (tertiary/aromatic N) is 2. The Labute approximate surface area is 107 Å². The molecule has 4 heteroatoms. The molecule has 1 heterocycles. The van der Waals surface area contributed by atoms with E-state index in [0.717, 1.165) is 11.4 Å². The molecule has 1 aromatic carbocycles. The Kier molecular flexibility index (Phi) is 4.12. The molecule has 94 valence electrons. The summed E-state index contributed by atoms with van der Waals surface area (Å²) in [7, 11) is 0. The predicted octanol–water partition coefficient (Wildman–Crippen LogP) is 2.40. The van der Waals surface area contributed by atoms with Crippen LogP contribution in [-0.2, 0) is 11.2 Å². The summed E-state index contributed by atoms with van der Waals surface area (Å²) in [6, 6.07) is 9.75. The maximum Gasteiger partial charge on any atom is 0.227 e. The lowest BCUT2D eigenvalue weighted by Gasteiger charge is -2.20. The Morgan fingerprint density at radius 1 is 1.33 bits per heavy atom. The van der Waals surface area contributed by atoms with E-state index in [9.17, 15) is 4.79 Å². The standard InChI is InChI=1S/C14H17N3O/c1-2-17(13-6-4-3-5-7-13)14(18)9-8-12-10-15-11-16-12/h3-7,10-11H,2,8-9H2,1H3,(H,15,16). The summed E-state index contributed by atoms with van der Waals surface area (Å²) >= 11 is 0. The fourth-order valence-electron chi connectivity index (χ4n) is 1.91. The van der Waals surface area contributed by atoms with Crippen molar-refractivity contribution in [3.05, 3.63) is 48.5 Å². The number of anilines is 1. The van der Waals surface area contributed by atoms with Crippen LogP contribution in [-0.4, -0.2) is 22.4 Å². The number of amides is 1. The number of aromatic amines is 1. The number of benzene rings is 1. The van der Waals surface area contributed by atoms with E-state index in [1.165, 1.54) is 0 Å². The summed E-state index contributed by atoms with van der Waals surface area (Å²) in [6.45, 7) is 2.67. The number of hydrogen-bond acceptors (Lipinski definition) is 2. The normalized spacial score (nSPS) is 10.3. The topological polar surface area (TPSA) is 49.0 Å². The quantitative estimate of drug-likeness (QED) is 0.876. The van der Waals surface area contributed by atoms with Gasteiger partial charge in [-0.1, -0.05) is 18.2 Å². The second kappa shape index (κ2) is 6.00. The molecule has 0 aliphatic rings. The predicted molar refractivity (Wildman–Crippen MR) is 71.4 cm³/mol. The first kappa shape index (κ1) is 12.4. The van der Waals surface area contributed by atoms with Crippen molar-refractivity contribution in [3.63, 3.8) is 0 Å². The van der Waals surface area contributed by atoms with E-state index >= 15 is 0 Å². The van der Waals surface area contributed by atoms with E-state index in [-0.39, 0.29) is 5.91 Å². The number of aryl methyl sites for hydroxylation is 1. The highest BCUT2D eigenvalue weighted by molar-refractivity contribution is 5.93. The second-order valence-electron chi connectivity index (χ2n) is 4.05. The van der Waals surface area contributed by atoms with Crippen molar-refractivity contribution in [2.24, 2.45) is 0 Å². The zero-order valence-corrected chi connectivity index (χ0v) is 10.5. The van der Waals surface area contributed by atoms with Gasteiger partial charge in [-0.05, 0) is 25.5 Å². The molecule has 2 rings (SSSR count). The van der Waals surface area contributed by atoms with Gasteiger partial charge in [-0.15, -0.1) is 0 Å². The number of carbonyl (C=O) groups excluding carboxylic acids is 1. The highest BCUT2D eigenvalue weighted by Gasteiger charge is 2.13. The van der Waals surface area contributed by atoms with E-state index in [2.05, 4.69) is 9.97 Å². The molecule has 1 amide bonds. The summed E-state index contributed by atoms with van der Waals surface area (Å²) in [5.41, 5.74) is 1.95. The second-order valence-corrected chi connectivity index (χ2v) is 4.05. The van der Waals surface area contributed by atoms with Crippen LogP contribution < -0.4 is 4.90 Å². The fourth-order valence-corrected chi connectivity index (χ4v) is 1.91. The van der Waals surface area contributed by atoms with Crippen LogP contribution in [0.5, 0.6) is 0 Å². The third kappa shape index (κ3) is 2.97. The first-order chi connectivity index (χ1) is 8.81. The average molecular weight is 243 g/mol. The minimum Gasteiger partial charge on any atom is -0.348 e. The Bertz CT molecular complexity index is 479. The lowest BCUT2D eigenvalue weighted by molar-refractivity contribution is -0.118. The van der Waals surface area contributed by atoms with Gasteiger partial charge in [0, 0.05) is 30.5 Å². The monoisotopic (exact) mass is 243 g/mol. The van der Waals surface area contributed by atoms with Crippen molar-refractivity contribution < 1.29 is 4.79 Å². The minimum atomic E-state index is 0.137. The third-order valence-corrected chi connectivity index (χ3v) is 2.85. The molecule has 0 unspecified atom stereocenters. The van der Waals surface area contributed by atoms with Crippen molar-refractivity contribution in [3.8, 4) is 0 Å². The van der Waals surface area contributed by atoms with Crippen molar-refractivity contribution >= 4 is 11.6 Å². The number of hydrogen-bond donors (Lipinski definition) is 1. The largest absolute Gasteiger partial charge is 0.348 e. The number of aromatic nitrogens is 2. The Morgan fingerprint density at radius 2 is 2.11 bits per heavy atom. The molecule has 1 aromatic heterocycles. The zero-order chi connectivity index (χ0) is 12.8. The van der Waals surface area contributed by atoms with Gasteiger partial charge in [-0.3, -0.25) is 4.79 Å². The van der Waals surface area contributed by atoms with Gasteiger partial charge in [0.25, 0.3) is 0 Å². The van der Waals surface area contributed by atoms with Crippen LogP contribution in [0.3, 0.4) is 0 Å². The lowest BCUT2D eigenvalue weighted by atomic mass is 10.2. The van der Waals surface area contributed by atoms with Crippen LogP contribution in [0.4, 0.5) is 5.69 Å². The van der Waals surface area contributed by atoms with Crippen LogP contribution in [0.15, 0.2) is 42.9 Å². The van der Waals surface area contributed by atoms with E-state index in [1.54, 1.807) is 17.4 Å². The van der Waals surface area contributed by atoms with Crippen LogP contribution in [0.2, 0.25) is 0 Å². The van der Waals surface area contributed by atoms with Crippen LogP contribution in [0, 0.1) is 0 Å². The zero-order valence-electron chi connectivity index (χ0n) is 10.5. The maximum absolute atomic E-state index is 12.2.